The Hall–Kier alpha value is -1.24. The molecule has 2 aromatic heterocycles. The van der Waals surface area contributed by atoms with Gasteiger partial charge in [0.15, 0.2) is 0 Å². The van der Waals surface area contributed by atoms with Gasteiger partial charge >= 0.3 is 0 Å². The molecule has 3 N–H and O–H groups in total. The third-order valence-corrected chi connectivity index (χ3v) is 4.69. The summed E-state index contributed by atoms with van der Waals surface area (Å²) >= 11 is 1.41. The first-order valence-electron chi connectivity index (χ1n) is 6.58. The third kappa shape index (κ3) is 2.56. The number of hydrogen-bond donors (Lipinski definition) is 3. The number of aliphatic hydroxyl groups is 1. The highest BCUT2D eigenvalue weighted by molar-refractivity contribution is 7.17. The van der Waals surface area contributed by atoms with Crippen LogP contribution in [0, 0.1) is 5.92 Å². The van der Waals surface area contributed by atoms with E-state index in [1.807, 2.05) is 11.4 Å². The average Bonchev–Trinajstić information content (AvgIpc) is 3.04. The first-order valence-corrected chi connectivity index (χ1v) is 7.46. The second-order valence-corrected chi connectivity index (χ2v) is 5.92. The van der Waals surface area contributed by atoms with E-state index in [9.17, 15) is 9.90 Å². The van der Waals surface area contributed by atoms with Gasteiger partial charge in [-0.1, -0.05) is 6.42 Å². The number of fused-ring (bicyclic) bond motifs is 1. The molecule has 6 heteroatoms. The molecule has 0 spiro atoms. The minimum atomic E-state index is -0.0677. The van der Waals surface area contributed by atoms with E-state index in [2.05, 4.69) is 15.3 Å². The zero-order chi connectivity index (χ0) is 13.2. The molecule has 2 unspecified atom stereocenters. The molecule has 0 radical (unpaired) electrons. The van der Waals surface area contributed by atoms with Crippen molar-refractivity contribution in [2.24, 2.45) is 5.92 Å². The van der Waals surface area contributed by atoms with Crippen LogP contribution in [0.1, 0.15) is 25.1 Å². The first-order chi connectivity index (χ1) is 9.28. The maximum absolute atomic E-state index is 11.8. The van der Waals surface area contributed by atoms with Crippen LogP contribution in [0.4, 0.5) is 0 Å². The fourth-order valence-electron chi connectivity index (χ4n) is 2.76. The van der Waals surface area contributed by atoms with Crippen LogP contribution >= 0.6 is 11.3 Å². The molecule has 1 saturated carbocycles. The molecule has 2 heterocycles. The Labute approximate surface area is 114 Å². The normalized spacial score (nSPS) is 23.2. The second kappa shape index (κ2) is 5.40. The molecule has 102 valence electrons. The summed E-state index contributed by atoms with van der Waals surface area (Å²) in [5.41, 5.74) is 0.692. The predicted octanol–water partition coefficient (Wildman–Crippen LogP) is 1.24. The molecule has 1 aliphatic carbocycles. The molecule has 0 aliphatic heterocycles. The number of hydrogen-bond acceptors (Lipinski definition) is 5. The summed E-state index contributed by atoms with van der Waals surface area (Å²) in [4.78, 5) is 19.1. The SMILES string of the molecule is O=c1[nH]c(CNC2CCCC2CO)nc2ccsc12. The van der Waals surface area contributed by atoms with Gasteiger partial charge in [0.05, 0.1) is 12.1 Å². The summed E-state index contributed by atoms with van der Waals surface area (Å²) in [5, 5.41) is 14.6. The van der Waals surface area contributed by atoms with E-state index in [1.165, 1.54) is 11.3 Å². The lowest BCUT2D eigenvalue weighted by Gasteiger charge is -2.18. The highest BCUT2D eigenvalue weighted by Crippen LogP contribution is 2.25. The van der Waals surface area contributed by atoms with Gasteiger partial charge in [-0.15, -0.1) is 11.3 Å². The van der Waals surface area contributed by atoms with Crippen molar-refractivity contribution in [2.75, 3.05) is 6.61 Å². The lowest BCUT2D eigenvalue weighted by Crippen LogP contribution is -2.34. The summed E-state index contributed by atoms with van der Waals surface area (Å²) in [6, 6.07) is 2.19. The van der Waals surface area contributed by atoms with Crippen molar-refractivity contribution in [3.8, 4) is 0 Å². The largest absolute Gasteiger partial charge is 0.396 e. The summed E-state index contributed by atoms with van der Waals surface area (Å²) < 4.78 is 0.679. The quantitative estimate of drug-likeness (QED) is 0.787. The van der Waals surface area contributed by atoms with Gasteiger partial charge in [0.1, 0.15) is 10.5 Å². The zero-order valence-electron chi connectivity index (χ0n) is 10.6. The Morgan fingerprint density at radius 2 is 2.42 bits per heavy atom. The number of H-pyrrole nitrogens is 1. The second-order valence-electron chi connectivity index (χ2n) is 5.01. The van der Waals surface area contributed by atoms with E-state index in [0.717, 1.165) is 24.8 Å². The topological polar surface area (TPSA) is 78.0 Å². The van der Waals surface area contributed by atoms with E-state index < -0.39 is 0 Å². The number of aromatic amines is 1. The zero-order valence-corrected chi connectivity index (χ0v) is 11.4. The van der Waals surface area contributed by atoms with Crippen LogP contribution in [0.2, 0.25) is 0 Å². The number of thiophene rings is 1. The van der Waals surface area contributed by atoms with Crippen molar-refractivity contribution < 1.29 is 5.11 Å². The Morgan fingerprint density at radius 3 is 3.26 bits per heavy atom. The summed E-state index contributed by atoms with van der Waals surface area (Å²) in [7, 11) is 0. The molecule has 2 aromatic rings. The lowest BCUT2D eigenvalue weighted by atomic mass is 10.1. The number of aliphatic hydroxyl groups excluding tert-OH is 1. The Balaban J connectivity index is 1.73. The standard InChI is InChI=1S/C13H17N3O2S/c17-7-8-2-1-3-9(8)14-6-11-15-10-4-5-19-12(10)13(18)16-11/h4-5,8-9,14,17H,1-3,6-7H2,(H,15,16,18). The highest BCUT2D eigenvalue weighted by atomic mass is 32.1. The van der Waals surface area contributed by atoms with Gasteiger partial charge in [-0.3, -0.25) is 4.79 Å². The molecule has 0 bridgehead atoms. The van der Waals surface area contributed by atoms with Gasteiger partial charge in [0, 0.05) is 12.6 Å². The van der Waals surface area contributed by atoms with Crippen LogP contribution in [0.15, 0.2) is 16.2 Å². The summed E-state index contributed by atoms with van der Waals surface area (Å²) in [6.45, 7) is 0.771. The molecule has 1 fully saturated rings. The summed E-state index contributed by atoms with van der Waals surface area (Å²) in [5.74, 6) is 0.996. The lowest BCUT2D eigenvalue weighted by molar-refractivity contribution is 0.204. The van der Waals surface area contributed by atoms with E-state index in [1.54, 1.807) is 0 Å². The number of rotatable bonds is 4. The smallest absolute Gasteiger partial charge is 0.268 e. The number of nitrogens with one attached hydrogen (secondary N) is 2. The van der Waals surface area contributed by atoms with Crippen molar-refractivity contribution in [2.45, 2.75) is 31.8 Å². The molecular formula is C13H17N3O2S. The van der Waals surface area contributed by atoms with Crippen molar-refractivity contribution in [3.63, 3.8) is 0 Å². The Kier molecular flexibility index (Phi) is 3.63. The van der Waals surface area contributed by atoms with Crippen LogP contribution in [0.5, 0.6) is 0 Å². The van der Waals surface area contributed by atoms with Crippen molar-refractivity contribution >= 4 is 21.6 Å². The van der Waals surface area contributed by atoms with Gasteiger partial charge < -0.3 is 15.4 Å². The van der Waals surface area contributed by atoms with Gasteiger partial charge in [-0.2, -0.15) is 0 Å². The minimum absolute atomic E-state index is 0.0677. The van der Waals surface area contributed by atoms with Crippen molar-refractivity contribution in [1.82, 2.24) is 15.3 Å². The van der Waals surface area contributed by atoms with Gasteiger partial charge in [-0.25, -0.2) is 4.98 Å². The fraction of sp³-hybridized carbons (Fsp3) is 0.538. The first kappa shape index (κ1) is 12.8. The molecule has 5 nitrogen and oxygen atoms in total. The third-order valence-electron chi connectivity index (χ3n) is 3.79. The van der Waals surface area contributed by atoms with Gasteiger partial charge in [0.2, 0.25) is 0 Å². The van der Waals surface area contributed by atoms with Crippen LogP contribution < -0.4 is 10.9 Å². The molecule has 0 aromatic carbocycles. The average molecular weight is 279 g/mol. The van der Waals surface area contributed by atoms with Crippen LogP contribution in [-0.2, 0) is 6.54 Å². The fourth-order valence-corrected chi connectivity index (χ4v) is 3.48. The van der Waals surface area contributed by atoms with E-state index in [4.69, 9.17) is 0 Å². The molecule has 19 heavy (non-hydrogen) atoms. The van der Waals surface area contributed by atoms with E-state index >= 15 is 0 Å². The molecule has 2 atom stereocenters. The molecule has 3 rings (SSSR count). The maximum Gasteiger partial charge on any atom is 0.268 e. The van der Waals surface area contributed by atoms with Gasteiger partial charge in [0.25, 0.3) is 5.56 Å². The minimum Gasteiger partial charge on any atom is -0.396 e. The molecular weight excluding hydrogens is 262 g/mol. The van der Waals surface area contributed by atoms with Crippen LogP contribution in [-0.4, -0.2) is 27.7 Å². The van der Waals surface area contributed by atoms with E-state index in [0.29, 0.717) is 29.0 Å². The predicted molar refractivity (Wildman–Crippen MR) is 75.3 cm³/mol. The molecule has 0 saturated heterocycles. The van der Waals surface area contributed by atoms with Crippen LogP contribution in [0.25, 0.3) is 10.2 Å². The maximum atomic E-state index is 11.8. The highest BCUT2D eigenvalue weighted by Gasteiger charge is 2.26. The Morgan fingerprint density at radius 1 is 1.53 bits per heavy atom. The number of nitrogens with zero attached hydrogens (tertiary/aromatic N) is 1. The molecule has 1 aliphatic rings. The number of aromatic nitrogens is 2. The van der Waals surface area contributed by atoms with Crippen molar-refractivity contribution in [3.05, 3.63) is 27.6 Å². The van der Waals surface area contributed by atoms with Gasteiger partial charge in [-0.05, 0) is 30.2 Å². The Bertz CT molecular complexity index is 622. The summed E-state index contributed by atoms with van der Waals surface area (Å²) in [6.07, 6.45) is 3.30. The van der Waals surface area contributed by atoms with Crippen LogP contribution in [0.3, 0.4) is 0 Å². The van der Waals surface area contributed by atoms with Crippen molar-refractivity contribution in [1.29, 1.82) is 0 Å². The monoisotopic (exact) mass is 279 g/mol. The van der Waals surface area contributed by atoms with E-state index in [-0.39, 0.29) is 12.2 Å². The molecule has 0 amide bonds.